The summed E-state index contributed by atoms with van der Waals surface area (Å²) in [5.74, 6) is 1.70. The number of rotatable bonds is 7. The Morgan fingerprint density at radius 2 is 1.57 bits per heavy atom. The lowest BCUT2D eigenvalue weighted by Crippen LogP contribution is -2.51. The summed E-state index contributed by atoms with van der Waals surface area (Å²) in [7, 11) is 0. The van der Waals surface area contributed by atoms with Gasteiger partial charge >= 0.3 is 5.97 Å². The van der Waals surface area contributed by atoms with Crippen molar-refractivity contribution in [1.82, 2.24) is 0 Å². The maximum Gasteiger partial charge on any atom is 0.306 e. The zero-order chi connectivity index (χ0) is 19.9. The molecule has 5 rings (SSSR count). The molecule has 1 aromatic carbocycles. The number of carbonyl (C=O) groups excluding carboxylic acids is 3. The van der Waals surface area contributed by atoms with Gasteiger partial charge in [0, 0.05) is 17.4 Å². The van der Waals surface area contributed by atoms with Crippen LogP contribution in [0, 0.1) is 37.0 Å². The van der Waals surface area contributed by atoms with Gasteiger partial charge in [-0.05, 0) is 81.8 Å². The number of ether oxygens (including phenoxy) is 1. The van der Waals surface area contributed by atoms with Crippen LogP contribution in [0.2, 0.25) is 0 Å². The average molecular weight is 383 g/mol. The average Bonchev–Trinajstić information content (AvgIpc) is 2.65. The molecule has 28 heavy (non-hydrogen) atoms. The number of hydrogen-bond donors (Lipinski definition) is 0. The van der Waals surface area contributed by atoms with E-state index < -0.39 is 5.97 Å². The second-order valence-electron chi connectivity index (χ2n) is 9.52. The molecule has 4 bridgehead atoms. The summed E-state index contributed by atoms with van der Waals surface area (Å²) in [6.45, 7) is 3.72. The Morgan fingerprint density at radius 3 is 2.18 bits per heavy atom. The van der Waals surface area contributed by atoms with E-state index in [1.165, 1.54) is 19.3 Å². The summed E-state index contributed by atoms with van der Waals surface area (Å²) < 4.78 is 5.29. The third-order valence-corrected chi connectivity index (χ3v) is 7.24. The molecular weight excluding hydrogens is 352 g/mol. The lowest BCUT2D eigenvalue weighted by Gasteiger charge is -2.55. The number of hydrogen-bond acceptors (Lipinski definition) is 4. The van der Waals surface area contributed by atoms with Crippen LogP contribution in [-0.2, 0) is 14.3 Å². The lowest BCUT2D eigenvalue weighted by molar-refractivity contribution is -0.157. The van der Waals surface area contributed by atoms with E-state index in [1.807, 2.05) is 32.0 Å². The molecule has 4 fully saturated rings. The van der Waals surface area contributed by atoms with Crippen molar-refractivity contribution >= 4 is 17.5 Å². The van der Waals surface area contributed by atoms with Gasteiger partial charge in [-0.25, -0.2) is 0 Å². The van der Waals surface area contributed by atoms with Crippen LogP contribution in [0.1, 0.15) is 72.9 Å². The van der Waals surface area contributed by atoms with E-state index in [4.69, 9.17) is 4.74 Å². The molecule has 0 aromatic heterocycles. The zero-order valence-electron chi connectivity index (χ0n) is 17.0. The second kappa shape index (κ2) is 7.46. The molecule has 4 heteroatoms. The molecule has 0 unspecified atom stereocenters. The van der Waals surface area contributed by atoms with Gasteiger partial charge in [0.1, 0.15) is 0 Å². The van der Waals surface area contributed by atoms with E-state index in [0.29, 0.717) is 23.3 Å². The Kier molecular flexibility index (Phi) is 5.15. The van der Waals surface area contributed by atoms with Crippen molar-refractivity contribution < 1.29 is 19.1 Å². The number of Topliss-reactive ketones (excluding diaryl/α,β-unsaturated/α-hetero) is 2. The first-order chi connectivity index (χ1) is 13.3. The van der Waals surface area contributed by atoms with Gasteiger partial charge in [-0.15, -0.1) is 0 Å². The molecule has 4 nitrogen and oxygen atoms in total. The maximum atomic E-state index is 12.9. The second-order valence-corrected chi connectivity index (χ2v) is 9.52. The standard InChI is InChI=1S/C24H30O4/c1-15-3-4-16(2)20(7-15)21(25)5-6-23(27)28-14-22(26)24-11-17-8-18(12-24)10-19(9-17)13-24/h3-4,7,17-19H,5-6,8-14H2,1-2H3. The van der Waals surface area contributed by atoms with Crippen molar-refractivity contribution in [1.29, 1.82) is 0 Å². The van der Waals surface area contributed by atoms with Crippen molar-refractivity contribution in [2.75, 3.05) is 6.61 Å². The molecule has 4 aliphatic rings. The van der Waals surface area contributed by atoms with Crippen molar-refractivity contribution in [3.63, 3.8) is 0 Å². The molecule has 0 atom stereocenters. The SMILES string of the molecule is Cc1ccc(C)c(C(=O)CCC(=O)OCC(=O)C23CC4CC(CC(C4)C2)C3)c1. The fourth-order valence-electron chi connectivity index (χ4n) is 6.21. The normalized spacial score (nSPS) is 30.3. The number of aryl methyl sites for hydroxylation is 2. The summed E-state index contributed by atoms with van der Waals surface area (Å²) in [5, 5.41) is 0. The van der Waals surface area contributed by atoms with E-state index in [-0.39, 0.29) is 36.4 Å². The minimum absolute atomic E-state index is 0.0281. The first-order valence-electron chi connectivity index (χ1n) is 10.6. The molecule has 0 spiro atoms. The summed E-state index contributed by atoms with van der Waals surface area (Å²) in [6.07, 6.45) is 6.96. The fourth-order valence-corrected chi connectivity index (χ4v) is 6.21. The number of carbonyl (C=O) groups is 3. The quantitative estimate of drug-likeness (QED) is 0.511. The number of ketones is 2. The summed E-state index contributed by atoms with van der Waals surface area (Å²) in [4.78, 5) is 37.4. The molecule has 1 aromatic rings. The van der Waals surface area contributed by atoms with Gasteiger partial charge in [0.25, 0.3) is 0 Å². The third-order valence-electron chi connectivity index (χ3n) is 7.24. The molecule has 0 N–H and O–H groups in total. The van der Waals surface area contributed by atoms with E-state index in [1.54, 1.807) is 0 Å². The highest BCUT2D eigenvalue weighted by Crippen LogP contribution is 2.60. The molecule has 150 valence electrons. The highest BCUT2D eigenvalue weighted by Gasteiger charge is 2.54. The van der Waals surface area contributed by atoms with Gasteiger partial charge in [0.05, 0.1) is 6.42 Å². The van der Waals surface area contributed by atoms with Crippen LogP contribution in [0.15, 0.2) is 18.2 Å². The smallest absolute Gasteiger partial charge is 0.306 e. The van der Waals surface area contributed by atoms with Crippen LogP contribution in [0.4, 0.5) is 0 Å². The molecule has 0 aliphatic heterocycles. The van der Waals surface area contributed by atoms with E-state index in [0.717, 1.165) is 30.4 Å². The minimum atomic E-state index is -0.447. The number of esters is 1. The Bertz CT molecular complexity index is 772. The molecule has 0 heterocycles. The van der Waals surface area contributed by atoms with Crippen LogP contribution < -0.4 is 0 Å². The van der Waals surface area contributed by atoms with Crippen LogP contribution >= 0.6 is 0 Å². The van der Waals surface area contributed by atoms with Crippen LogP contribution in [0.5, 0.6) is 0 Å². The Balaban J connectivity index is 1.27. The van der Waals surface area contributed by atoms with Crippen molar-refractivity contribution in [3.8, 4) is 0 Å². The third kappa shape index (κ3) is 3.78. The minimum Gasteiger partial charge on any atom is -0.458 e. The van der Waals surface area contributed by atoms with E-state index in [2.05, 4.69) is 0 Å². The fraction of sp³-hybridized carbons (Fsp3) is 0.625. The van der Waals surface area contributed by atoms with Gasteiger partial charge in [0.2, 0.25) is 0 Å². The predicted molar refractivity (Wildman–Crippen MR) is 106 cm³/mol. The van der Waals surface area contributed by atoms with Gasteiger partial charge in [-0.3, -0.25) is 14.4 Å². The summed E-state index contributed by atoms with van der Waals surface area (Å²) >= 11 is 0. The van der Waals surface area contributed by atoms with Gasteiger partial charge in [-0.1, -0.05) is 17.7 Å². The van der Waals surface area contributed by atoms with Crippen molar-refractivity contribution in [3.05, 3.63) is 34.9 Å². The molecule has 0 amide bonds. The Labute approximate surface area is 167 Å². The van der Waals surface area contributed by atoms with Crippen molar-refractivity contribution in [2.24, 2.45) is 23.2 Å². The van der Waals surface area contributed by atoms with Crippen molar-refractivity contribution in [2.45, 2.75) is 65.2 Å². The Morgan fingerprint density at radius 1 is 0.964 bits per heavy atom. The zero-order valence-corrected chi connectivity index (χ0v) is 17.0. The van der Waals surface area contributed by atoms with Crippen LogP contribution in [-0.4, -0.2) is 24.1 Å². The molecule has 0 saturated heterocycles. The first kappa shape index (κ1) is 19.4. The summed E-state index contributed by atoms with van der Waals surface area (Å²) in [6, 6.07) is 5.75. The first-order valence-corrected chi connectivity index (χ1v) is 10.6. The highest BCUT2D eigenvalue weighted by atomic mass is 16.5. The van der Waals surface area contributed by atoms with Crippen LogP contribution in [0.25, 0.3) is 0 Å². The predicted octanol–water partition coefficient (Wildman–Crippen LogP) is 4.60. The van der Waals surface area contributed by atoms with Gasteiger partial charge in [-0.2, -0.15) is 0 Å². The van der Waals surface area contributed by atoms with Gasteiger partial charge < -0.3 is 4.74 Å². The topological polar surface area (TPSA) is 60.4 Å². The molecule has 0 radical (unpaired) electrons. The molecule has 4 aliphatic carbocycles. The van der Waals surface area contributed by atoms with Gasteiger partial charge in [0.15, 0.2) is 18.2 Å². The summed E-state index contributed by atoms with van der Waals surface area (Å²) in [5.41, 5.74) is 2.37. The van der Waals surface area contributed by atoms with E-state index in [9.17, 15) is 14.4 Å². The monoisotopic (exact) mass is 382 g/mol. The largest absolute Gasteiger partial charge is 0.458 e. The van der Waals surface area contributed by atoms with E-state index >= 15 is 0 Å². The maximum absolute atomic E-state index is 12.9. The van der Waals surface area contributed by atoms with Crippen LogP contribution in [0.3, 0.4) is 0 Å². The molecule has 4 saturated carbocycles. The Hall–Kier alpha value is -1.97. The lowest BCUT2D eigenvalue weighted by atomic mass is 9.48. The highest BCUT2D eigenvalue weighted by molar-refractivity contribution is 5.99. The molecular formula is C24H30O4. The number of benzene rings is 1.